The molecule has 1 aromatic heterocycles. The third-order valence-electron chi connectivity index (χ3n) is 4.33. The second kappa shape index (κ2) is 5.44. The molecule has 3 rings (SSSR count). The predicted molar refractivity (Wildman–Crippen MR) is 78.4 cm³/mol. The van der Waals surface area contributed by atoms with Gasteiger partial charge in [-0.3, -0.25) is 0 Å². The van der Waals surface area contributed by atoms with Gasteiger partial charge in [-0.25, -0.2) is 0 Å². The quantitative estimate of drug-likeness (QED) is 0.780. The Morgan fingerprint density at radius 2 is 2.05 bits per heavy atom. The van der Waals surface area contributed by atoms with E-state index < -0.39 is 0 Å². The SMILES string of the molecule is CCC(C)C(N)CSc1nnc(C2CC2)n1C1CC1. The molecule has 2 saturated carbocycles. The molecule has 0 saturated heterocycles. The molecule has 2 fully saturated rings. The van der Waals surface area contributed by atoms with Crippen LogP contribution in [0.4, 0.5) is 0 Å². The summed E-state index contributed by atoms with van der Waals surface area (Å²) in [5.74, 6) is 3.45. The first-order valence-electron chi connectivity index (χ1n) is 7.53. The Kier molecular flexibility index (Phi) is 3.85. The van der Waals surface area contributed by atoms with Crippen LogP contribution < -0.4 is 5.73 Å². The monoisotopic (exact) mass is 280 g/mol. The van der Waals surface area contributed by atoms with E-state index in [1.54, 1.807) is 11.8 Å². The van der Waals surface area contributed by atoms with Crippen LogP contribution in [-0.4, -0.2) is 26.6 Å². The number of nitrogens with zero attached hydrogens (tertiary/aromatic N) is 3. The molecule has 0 amide bonds. The fraction of sp³-hybridized carbons (Fsp3) is 0.857. The molecule has 0 radical (unpaired) electrons. The molecule has 2 N–H and O–H groups in total. The van der Waals surface area contributed by atoms with E-state index in [0.29, 0.717) is 17.9 Å². The minimum atomic E-state index is 0.253. The van der Waals surface area contributed by atoms with Crippen molar-refractivity contribution in [3.05, 3.63) is 5.82 Å². The Hall–Kier alpha value is -0.550. The van der Waals surface area contributed by atoms with Gasteiger partial charge in [-0.15, -0.1) is 10.2 Å². The second-order valence-corrected chi connectivity index (χ2v) is 7.06. The molecular formula is C14H24N4S. The summed E-state index contributed by atoms with van der Waals surface area (Å²) in [5.41, 5.74) is 6.22. The van der Waals surface area contributed by atoms with E-state index >= 15 is 0 Å². The normalized spacial score (nSPS) is 22.5. The third kappa shape index (κ3) is 2.97. The highest BCUT2D eigenvalue weighted by Crippen LogP contribution is 2.46. The molecule has 1 aromatic rings. The number of rotatable bonds is 7. The van der Waals surface area contributed by atoms with E-state index in [1.807, 2.05) is 0 Å². The maximum Gasteiger partial charge on any atom is 0.191 e. The van der Waals surface area contributed by atoms with Crippen LogP contribution in [-0.2, 0) is 0 Å². The van der Waals surface area contributed by atoms with Gasteiger partial charge in [0.25, 0.3) is 0 Å². The fourth-order valence-electron chi connectivity index (χ4n) is 2.32. The molecular weight excluding hydrogens is 256 g/mol. The Bertz CT molecular complexity index is 437. The fourth-order valence-corrected chi connectivity index (χ4v) is 3.47. The molecule has 4 nitrogen and oxygen atoms in total. The number of hydrogen-bond donors (Lipinski definition) is 1. The summed E-state index contributed by atoms with van der Waals surface area (Å²) in [7, 11) is 0. The van der Waals surface area contributed by atoms with Crippen LogP contribution in [0.25, 0.3) is 0 Å². The van der Waals surface area contributed by atoms with Crippen molar-refractivity contribution in [2.45, 2.75) is 69.1 Å². The van der Waals surface area contributed by atoms with Crippen LogP contribution >= 0.6 is 11.8 Å². The third-order valence-corrected chi connectivity index (χ3v) is 5.41. The summed E-state index contributed by atoms with van der Waals surface area (Å²) >= 11 is 1.80. The van der Waals surface area contributed by atoms with Crippen molar-refractivity contribution in [2.24, 2.45) is 11.7 Å². The first-order valence-corrected chi connectivity index (χ1v) is 8.52. The van der Waals surface area contributed by atoms with E-state index in [-0.39, 0.29) is 6.04 Å². The van der Waals surface area contributed by atoms with E-state index in [9.17, 15) is 0 Å². The molecule has 1 heterocycles. The smallest absolute Gasteiger partial charge is 0.191 e. The number of nitrogens with two attached hydrogens (primary N) is 1. The standard InChI is InChI=1S/C14H24N4S/c1-3-9(2)12(15)8-19-14-17-16-13(10-4-5-10)18(14)11-6-7-11/h9-12H,3-8,15H2,1-2H3. The van der Waals surface area contributed by atoms with Crippen LogP contribution in [0.1, 0.15) is 63.7 Å². The molecule has 19 heavy (non-hydrogen) atoms. The molecule has 0 aromatic carbocycles. The topological polar surface area (TPSA) is 56.7 Å². The zero-order valence-corrected chi connectivity index (χ0v) is 12.7. The Morgan fingerprint density at radius 3 is 2.63 bits per heavy atom. The van der Waals surface area contributed by atoms with Crippen molar-refractivity contribution in [1.82, 2.24) is 14.8 Å². The largest absolute Gasteiger partial charge is 0.327 e. The van der Waals surface area contributed by atoms with Gasteiger partial charge in [0, 0.05) is 23.8 Å². The number of hydrogen-bond acceptors (Lipinski definition) is 4. The Labute approximate surface area is 119 Å². The van der Waals surface area contributed by atoms with Gasteiger partial charge in [-0.05, 0) is 31.6 Å². The van der Waals surface area contributed by atoms with Gasteiger partial charge in [-0.1, -0.05) is 32.0 Å². The zero-order valence-electron chi connectivity index (χ0n) is 11.9. The highest BCUT2D eigenvalue weighted by atomic mass is 32.2. The van der Waals surface area contributed by atoms with Gasteiger partial charge in [0.1, 0.15) is 5.82 Å². The van der Waals surface area contributed by atoms with Gasteiger partial charge in [0.05, 0.1) is 0 Å². The lowest BCUT2D eigenvalue weighted by Gasteiger charge is -2.17. The van der Waals surface area contributed by atoms with E-state index in [4.69, 9.17) is 5.73 Å². The van der Waals surface area contributed by atoms with Gasteiger partial charge in [-0.2, -0.15) is 0 Å². The summed E-state index contributed by atoms with van der Waals surface area (Å²) in [4.78, 5) is 0. The molecule has 0 spiro atoms. The highest BCUT2D eigenvalue weighted by Gasteiger charge is 2.36. The minimum Gasteiger partial charge on any atom is -0.327 e. The van der Waals surface area contributed by atoms with Crippen LogP contribution in [0.5, 0.6) is 0 Å². The van der Waals surface area contributed by atoms with E-state index in [2.05, 4.69) is 28.6 Å². The molecule has 106 valence electrons. The molecule has 5 heteroatoms. The van der Waals surface area contributed by atoms with Crippen molar-refractivity contribution in [3.8, 4) is 0 Å². The molecule has 2 atom stereocenters. The average molecular weight is 280 g/mol. The van der Waals surface area contributed by atoms with Gasteiger partial charge in [0.2, 0.25) is 0 Å². The summed E-state index contributed by atoms with van der Waals surface area (Å²) < 4.78 is 2.41. The van der Waals surface area contributed by atoms with Crippen molar-refractivity contribution < 1.29 is 0 Å². The van der Waals surface area contributed by atoms with Gasteiger partial charge in [0.15, 0.2) is 5.16 Å². The van der Waals surface area contributed by atoms with Crippen LogP contribution in [0.15, 0.2) is 5.16 Å². The summed E-state index contributed by atoms with van der Waals surface area (Å²) in [6.45, 7) is 4.43. The summed E-state index contributed by atoms with van der Waals surface area (Å²) in [6, 6.07) is 0.927. The molecule has 2 aliphatic rings. The van der Waals surface area contributed by atoms with Crippen molar-refractivity contribution >= 4 is 11.8 Å². The van der Waals surface area contributed by atoms with Crippen molar-refractivity contribution in [1.29, 1.82) is 0 Å². The van der Waals surface area contributed by atoms with Gasteiger partial charge >= 0.3 is 0 Å². The van der Waals surface area contributed by atoms with Crippen molar-refractivity contribution in [2.75, 3.05) is 5.75 Å². The minimum absolute atomic E-state index is 0.253. The highest BCUT2D eigenvalue weighted by molar-refractivity contribution is 7.99. The number of aromatic nitrogens is 3. The lowest BCUT2D eigenvalue weighted by Crippen LogP contribution is -2.30. The predicted octanol–water partition coefficient (Wildman–Crippen LogP) is 2.96. The molecule has 2 aliphatic carbocycles. The Morgan fingerprint density at radius 1 is 1.32 bits per heavy atom. The first-order chi connectivity index (χ1) is 9.20. The summed E-state index contributed by atoms with van der Waals surface area (Å²) in [6.07, 6.45) is 6.32. The van der Waals surface area contributed by atoms with Crippen molar-refractivity contribution in [3.63, 3.8) is 0 Å². The van der Waals surface area contributed by atoms with E-state index in [0.717, 1.165) is 17.3 Å². The maximum atomic E-state index is 6.22. The average Bonchev–Trinajstić information content (AvgIpc) is 3.33. The maximum absolute atomic E-state index is 6.22. The van der Waals surface area contributed by atoms with Crippen LogP contribution in [0, 0.1) is 5.92 Å². The lowest BCUT2D eigenvalue weighted by atomic mass is 10.0. The summed E-state index contributed by atoms with van der Waals surface area (Å²) in [5, 5.41) is 9.95. The second-order valence-electron chi connectivity index (χ2n) is 6.08. The van der Waals surface area contributed by atoms with Crippen LogP contribution in [0.3, 0.4) is 0 Å². The molecule has 2 unspecified atom stereocenters. The zero-order chi connectivity index (χ0) is 13.4. The van der Waals surface area contributed by atoms with Gasteiger partial charge < -0.3 is 10.3 Å². The van der Waals surface area contributed by atoms with Crippen LogP contribution in [0.2, 0.25) is 0 Å². The lowest BCUT2D eigenvalue weighted by molar-refractivity contribution is 0.475. The Balaban J connectivity index is 1.67. The van der Waals surface area contributed by atoms with E-state index in [1.165, 1.54) is 31.5 Å². The molecule has 0 bridgehead atoms. The number of thioether (sulfide) groups is 1. The molecule has 0 aliphatic heterocycles. The first kappa shape index (κ1) is 13.4.